The minimum absolute atomic E-state index is 0.0892. The lowest BCUT2D eigenvalue weighted by molar-refractivity contribution is -0.138. The number of aromatic nitrogens is 2. The summed E-state index contributed by atoms with van der Waals surface area (Å²) in [4.78, 5) is 29.2. The summed E-state index contributed by atoms with van der Waals surface area (Å²) in [5.74, 6) is 1.55. The Morgan fingerprint density at radius 3 is 2.03 bits per heavy atom. The smallest absolute Gasteiger partial charge is 0.354 e. The van der Waals surface area contributed by atoms with Crippen molar-refractivity contribution in [2.24, 2.45) is 0 Å². The molecule has 0 aromatic carbocycles. The van der Waals surface area contributed by atoms with Gasteiger partial charge in [0.1, 0.15) is 11.6 Å². The highest BCUT2D eigenvalue weighted by molar-refractivity contribution is 5.78. The number of rotatable bonds is 4. The summed E-state index contributed by atoms with van der Waals surface area (Å²) in [6.45, 7) is 5.83. The van der Waals surface area contributed by atoms with Crippen LogP contribution in [0.4, 0.5) is 24.8 Å². The summed E-state index contributed by atoms with van der Waals surface area (Å²) < 4.78 is 38.1. The van der Waals surface area contributed by atoms with Crippen LogP contribution in [0, 0.1) is 0 Å². The molecule has 0 atom stereocenters. The van der Waals surface area contributed by atoms with E-state index in [0.717, 1.165) is 44.3 Å². The van der Waals surface area contributed by atoms with Gasteiger partial charge in [0.15, 0.2) is 0 Å². The van der Waals surface area contributed by atoms with Crippen LogP contribution in [0.3, 0.4) is 0 Å². The molecular weight excluding hydrogens is 409 g/mol. The zero-order valence-corrected chi connectivity index (χ0v) is 17.1. The van der Waals surface area contributed by atoms with Gasteiger partial charge in [0.05, 0.1) is 12.1 Å². The van der Waals surface area contributed by atoms with Crippen LogP contribution in [0.2, 0.25) is 0 Å². The number of amides is 1. The van der Waals surface area contributed by atoms with Crippen molar-refractivity contribution >= 4 is 17.5 Å². The van der Waals surface area contributed by atoms with E-state index in [1.807, 2.05) is 28.0 Å². The van der Waals surface area contributed by atoms with Gasteiger partial charge >= 0.3 is 6.18 Å². The van der Waals surface area contributed by atoms with Crippen LogP contribution in [0.1, 0.15) is 5.56 Å². The van der Waals surface area contributed by atoms with Crippen molar-refractivity contribution in [1.82, 2.24) is 19.8 Å². The van der Waals surface area contributed by atoms with Gasteiger partial charge in [-0.15, -0.1) is 0 Å². The average Bonchev–Trinajstić information content (AvgIpc) is 2.80. The van der Waals surface area contributed by atoms with Crippen molar-refractivity contribution in [2.75, 3.05) is 68.7 Å². The van der Waals surface area contributed by atoms with Crippen LogP contribution >= 0.6 is 0 Å². The fourth-order valence-electron chi connectivity index (χ4n) is 3.89. The molecule has 0 N–H and O–H groups in total. The molecule has 0 spiro atoms. The van der Waals surface area contributed by atoms with Crippen molar-refractivity contribution < 1.29 is 18.0 Å². The molecule has 2 aromatic rings. The molecule has 4 heterocycles. The van der Waals surface area contributed by atoms with Crippen LogP contribution in [0.15, 0.2) is 42.7 Å². The van der Waals surface area contributed by atoms with Gasteiger partial charge in [0.25, 0.3) is 0 Å². The Kier molecular flexibility index (Phi) is 6.26. The average molecular weight is 434 g/mol. The Morgan fingerprint density at radius 1 is 0.839 bits per heavy atom. The molecule has 0 aliphatic carbocycles. The molecule has 0 unspecified atom stereocenters. The quantitative estimate of drug-likeness (QED) is 0.734. The van der Waals surface area contributed by atoms with Crippen molar-refractivity contribution in [3.63, 3.8) is 0 Å². The maximum absolute atomic E-state index is 12.7. The molecule has 2 saturated heterocycles. The maximum atomic E-state index is 12.7. The molecule has 166 valence electrons. The van der Waals surface area contributed by atoms with Gasteiger partial charge in [-0.25, -0.2) is 9.97 Å². The number of pyridine rings is 2. The van der Waals surface area contributed by atoms with Gasteiger partial charge in [-0.3, -0.25) is 9.69 Å². The molecule has 31 heavy (non-hydrogen) atoms. The molecule has 1 amide bonds. The van der Waals surface area contributed by atoms with Crippen molar-refractivity contribution in [3.8, 4) is 0 Å². The van der Waals surface area contributed by atoms with Crippen LogP contribution in [0.5, 0.6) is 0 Å². The molecule has 2 aliphatic rings. The molecule has 2 aromatic heterocycles. The molecule has 0 saturated carbocycles. The Balaban J connectivity index is 1.23. The van der Waals surface area contributed by atoms with Crippen molar-refractivity contribution in [3.05, 3.63) is 48.3 Å². The summed E-state index contributed by atoms with van der Waals surface area (Å²) >= 11 is 0. The summed E-state index contributed by atoms with van der Waals surface area (Å²) in [7, 11) is 0. The zero-order valence-electron chi connectivity index (χ0n) is 17.1. The standard InChI is InChI=1S/C21H25F3N6O/c22-21(23,24)17-4-5-19(26-15-17)29-11-13-30(14-12-29)20(31)16-27-7-9-28(10-8-27)18-3-1-2-6-25-18/h1-6,15H,7-14,16H2. The second-order valence-electron chi connectivity index (χ2n) is 7.72. The van der Waals surface area contributed by atoms with E-state index in [1.54, 1.807) is 6.20 Å². The molecule has 7 nitrogen and oxygen atoms in total. The lowest BCUT2D eigenvalue weighted by Crippen LogP contribution is -2.54. The number of piperazine rings is 2. The first kappa shape index (κ1) is 21.4. The lowest BCUT2D eigenvalue weighted by atomic mass is 10.2. The number of halogens is 3. The third kappa shape index (κ3) is 5.25. The normalized spacial score (nSPS) is 18.4. The topological polar surface area (TPSA) is 55.8 Å². The molecular formula is C21H25F3N6O. The van der Waals surface area contributed by atoms with E-state index in [1.165, 1.54) is 6.07 Å². The van der Waals surface area contributed by atoms with Crippen LogP contribution < -0.4 is 9.80 Å². The fraction of sp³-hybridized carbons (Fsp3) is 0.476. The first-order valence-electron chi connectivity index (χ1n) is 10.3. The van der Waals surface area contributed by atoms with E-state index in [-0.39, 0.29) is 5.91 Å². The lowest BCUT2D eigenvalue weighted by Gasteiger charge is -2.38. The Hall–Kier alpha value is -2.88. The third-order valence-corrected chi connectivity index (χ3v) is 5.74. The van der Waals surface area contributed by atoms with E-state index in [9.17, 15) is 18.0 Å². The predicted molar refractivity (Wildman–Crippen MR) is 111 cm³/mol. The highest BCUT2D eigenvalue weighted by Gasteiger charge is 2.31. The number of hydrogen-bond donors (Lipinski definition) is 0. The highest BCUT2D eigenvalue weighted by atomic mass is 19.4. The monoisotopic (exact) mass is 434 g/mol. The molecule has 0 radical (unpaired) electrons. The molecule has 10 heteroatoms. The van der Waals surface area contributed by atoms with Crippen LogP contribution in [-0.2, 0) is 11.0 Å². The van der Waals surface area contributed by atoms with E-state index >= 15 is 0 Å². The Bertz CT molecular complexity index is 861. The number of alkyl halides is 3. The molecule has 2 fully saturated rings. The maximum Gasteiger partial charge on any atom is 0.417 e. The molecule has 0 bridgehead atoms. The summed E-state index contributed by atoms with van der Waals surface area (Å²) in [5, 5.41) is 0. The first-order valence-corrected chi connectivity index (χ1v) is 10.3. The van der Waals surface area contributed by atoms with E-state index in [2.05, 4.69) is 19.8 Å². The van der Waals surface area contributed by atoms with E-state index in [4.69, 9.17) is 0 Å². The second kappa shape index (κ2) is 9.09. The van der Waals surface area contributed by atoms with Gasteiger partial charge in [-0.1, -0.05) is 6.07 Å². The van der Waals surface area contributed by atoms with Gasteiger partial charge in [0.2, 0.25) is 5.91 Å². The molecule has 4 rings (SSSR count). The third-order valence-electron chi connectivity index (χ3n) is 5.74. The number of anilines is 2. The van der Waals surface area contributed by atoms with Crippen molar-refractivity contribution in [1.29, 1.82) is 0 Å². The van der Waals surface area contributed by atoms with Gasteiger partial charge in [-0.05, 0) is 24.3 Å². The molecule has 2 aliphatic heterocycles. The fourth-order valence-corrected chi connectivity index (χ4v) is 3.89. The zero-order chi connectivity index (χ0) is 21.8. The Morgan fingerprint density at radius 2 is 1.48 bits per heavy atom. The van der Waals surface area contributed by atoms with Crippen LogP contribution in [0.25, 0.3) is 0 Å². The van der Waals surface area contributed by atoms with Crippen molar-refractivity contribution in [2.45, 2.75) is 6.18 Å². The first-order chi connectivity index (χ1) is 14.9. The van der Waals surface area contributed by atoms with E-state index < -0.39 is 11.7 Å². The Labute approximate surface area is 179 Å². The number of carbonyl (C=O) groups excluding carboxylic acids is 1. The second-order valence-corrected chi connectivity index (χ2v) is 7.72. The minimum atomic E-state index is -4.39. The van der Waals surface area contributed by atoms with Gasteiger partial charge < -0.3 is 14.7 Å². The van der Waals surface area contributed by atoms with Gasteiger partial charge in [-0.2, -0.15) is 13.2 Å². The minimum Gasteiger partial charge on any atom is -0.354 e. The number of carbonyl (C=O) groups is 1. The number of nitrogens with zero attached hydrogens (tertiary/aromatic N) is 6. The predicted octanol–water partition coefficient (Wildman–Crippen LogP) is 1.97. The van der Waals surface area contributed by atoms with E-state index in [0.29, 0.717) is 38.5 Å². The summed E-state index contributed by atoms with van der Waals surface area (Å²) in [6, 6.07) is 8.29. The van der Waals surface area contributed by atoms with Gasteiger partial charge in [0, 0.05) is 64.8 Å². The van der Waals surface area contributed by atoms with Crippen LogP contribution in [-0.4, -0.2) is 84.6 Å². The largest absolute Gasteiger partial charge is 0.417 e. The summed E-state index contributed by atoms with van der Waals surface area (Å²) in [6.07, 6.45) is -1.75. The SMILES string of the molecule is O=C(CN1CCN(c2ccccn2)CC1)N1CCN(c2ccc(C(F)(F)F)cn2)CC1. The summed E-state index contributed by atoms with van der Waals surface area (Å²) in [5.41, 5.74) is -0.756. The highest BCUT2D eigenvalue weighted by Crippen LogP contribution is 2.29. The number of hydrogen-bond acceptors (Lipinski definition) is 6.